The first-order chi connectivity index (χ1) is 9.90. The SMILES string of the molecule is CC(C)(C)N(CC(N)c1ccc(OC(F)(F)F)cc1)C(=O)O. The molecule has 1 amide bonds. The van der Waals surface area contributed by atoms with Crippen molar-refractivity contribution in [2.75, 3.05) is 6.54 Å². The van der Waals surface area contributed by atoms with Crippen molar-refractivity contribution < 1.29 is 27.8 Å². The van der Waals surface area contributed by atoms with Crippen LogP contribution in [0.4, 0.5) is 18.0 Å². The number of carbonyl (C=O) groups is 1. The Hall–Kier alpha value is -1.96. The minimum atomic E-state index is -4.75. The van der Waals surface area contributed by atoms with E-state index in [1.54, 1.807) is 20.8 Å². The van der Waals surface area contributed by atoms with Crippen LogP contribution in [0.15, 0.2) is 24.3 Å². The van der Waals surface area contributed by atoms with Crippen LogP contribution in [0, 0.1) is 0 Å². The van der Waals surface area contributed by atoms with Crippen molar-refractivity contribution in [3.05, 3.63) is 29.8 Å². The lowest BCUT2D eigenvalue weighted by molar-refractivity contribution is -0.274. The van der Waals surface area contributed by atoms with E-state index in [0.717, 1.165) is 12.1 Å². The van der Waals surface area contributed by atoms with Crippen LogP contribution >= 0.6 is 0 Å². The van der Waals surface area contributed by atoms with Gasteiger partial charge in [-0.25, -0.2) is 4.79 Å². The molecule has 3 N–H and O–H groups in total. The van der Waals surface area contributed by atoms with Gasteiger partial charge in [0.05, 0.1) is 0 Å². The van der Waals surface area contributed by atoms with Gasteiger partial charge >= 0.3 is 12.5 Å². The molecule has 8 heteroatoms. The van der Waals surface area contributed by atoms with Crippen molar-refractivity contribution >= 4 is 6.09 Å². The van der Waals surface area contributed by atoms with Crippen LogP contribution in [-0.2, 0) is 0 Å². The van der Waals surface area contributed by atoms with E-state index in [-0.39, 0.29) is 12.3 Å². The third-order valence-corrected chi connectivity index (χ3v) is 2.96. The number of hydrogen-bond acceptors (Lipinski definition) is 3. The summed E-state index contributed by atoms with van der Waals surface area (Å²) < 4.78 is 40.0. The van der Waals surface area contributed by atoms with Crippen LogP contribution in [0.25, 0.3) is 0 Å². The number of benzene rings is 1. The summed E-state index contributed by atoms with van der Waals surface area (Å²) in [7, 11) is 0. The minimum absolute atomic E-state index is 0.0261. The van der Waals surface area contributed by atoms with Crippen molar-refractivity contribution in [1.82, 2.24) is 4.90 Å². The molecular weight excluding hydrogens is 301 g/mol. The third-order valence-electron chi connectivity index (χ3n) is 2.96. The number of ether oxygens (including phenoxy) is 1. The number of nitrogens with zero attached hydrogens (tertiary/aromatic N) is 1. The highest BCUT2D eigenvalue weighted by Crippen LogP contribution is 2.25. The van der Waals surface area contributed by atoms with E-state index in [1.807, 2.05) is 0 Å². The highest BCUT2D eigenvalue weighted by atomic mass is 19.4. The van der Waals surface area contributed by atoms with Gasteiger partial charge in [-0.2, -0.15) is 0 Å². The van der Waals surface area contributed by atoms with E-state index in [1.165, 1.54) is 17.0 Å². The normalized spacial score (nSPS) is 13.6. The van der Waals surface area contributed by atoms with Gasteiger partial charge in [0.1, 0.15) is 5.75 Å². The average molecular weight is 320 g/mol. The molecule has 0 fully saturated rings. The van der Waals surface area contributed by atoms with E-state index in [4.69, 9.17) is 5.73 Å². The molecule has 1 rings (SSSR count). The fourth-order valence-electron chi connectivity index (χ4n) is 1.86. The molecule has 0 spiro atoms. The second-order valence-electron chi connectivity index (χ2n) is 5.79. The van der Waals surface area contributed by atoms with Crippen LogP contribution in [0.3, 0.4) is 0 Å². The van der Waals surface area contributed by atoms with Crippen LogP contribution in [0.5, 0.6) is 5.75 Å². The molecule has 0 aliphatic heterocycles. The topological polar surface area (TPSA) is 75.8 Å². The first-order valence-corrected chi connectivity index (χ1v) is 6.52. The smallest absolute Gasteiger partial charge is 0.465 e. The molecule has 0 radical (unpaired) electrons. The van der Waals surface area contributed by atoms with Gasteiger partial charge in [0.15, 0.2) is 0 Å². The Morgan fingerprint density at radius 1 is 1.27 bits per heavy atom. The van der Waals surface area contributed by atoms with Gasteiger partial charge in [0.25, 0.3) is 0 Å². The maximum absolute atomic E-state index is 12.1. The minimum Gasteiger partial charge on any atom is -0.465 e. The lowest BCUT2D eigenvalue weighted by Crippen LogP contribution is -2.48. The molecule has 0 aromatic heterocycles. The van der Waals surface area contributed by atoms with Gasteiger partial charge in [0.2, 0.25) is 0 Å². The lowest BCUT2D eigenvalue weighted by atomic mass is 10.0. The number of halogens is 3. The van der Waals surface area contributed by atoms with Gasteiger partial charge in [-0.1, -0.05) is 12.1 Å². The first kappa shape index (κ1) is 18.1. The number of nitrogens with two attached hydrogens (primary N) is 1. The highest BCUT2D eigenvalue weighted by Gasteiger charge is 2.31. The van der Waals surface area contributed by atoms with E-state index >= 15 is 0 Å². The summed E-state index contributed by atoms with van der Waals surface area (Å²) in [5.74, 6) is -0.352. The Kier molecular flexibility index (Phi) is 5.29. The third kappa shape index (κ3) is 5.44. The molecule has 124 valence electrons. The molecule has 0 aliphatic rings. The largest absolute Gasteiger partial charge is 0.573 e. The fraction of sp³-hybridized carbons (Fsp3) is 0.500. The predicted molar refractivity (Wildman–Crippen MR) is 74.5 cm³/mol. The Balaban J connectivity index is 2.81. The number of hydrogen-bond donors (Lipinski definition) is 2. The Bertz CT molecular complexity index is 510. The van der Waals surface area contributed by atoms with Gasteiger partial charge in [-0.15, -0.1) is 13.2 Å². The lowest BCUT2D eigenvalue weighted by Gasteiger charge is -2.35. The molecule has 1 aromatic rings. The van der Waals surface area contributed by atoms with Gasteiger partial charge in [0, 0.05) is 18.1 Å². The van der Waals surface area contributed by atoms with E-state index in [9.17, 15) is 23.1 Å². The summed E-state index contributed by atoms with van der Waals surface area (Å²) in [4.78, 5) is 12.4. The van der Waals surface area contributed by atoms with Crippen LogP contribution in [-0.4, -0.2) is 34.5 Å². The summed E-state index contributed by atoms with van der Waals surface area (Å²) >= 11 is 0. The van der Waals surface area contributed by atoms with Crippen LogP contribution < -0.4 is 10.5 Å². The molecule has 0 saturated carbocycles. The van der Waals surface area contributed by atoms with E-state index in [0.29, 0.717) is 5.56 Å². The summed E-state index contributed by atoms with van der Waals surface area (Å²) in [6.07, 6.45) is -5.87. The van der Waals surface area contributed by atoms with E-state index < -0.39 is 24.0 Å². The van der Waals surface area contributed by atoms with Crippen molar-refractivity contribution in [3.8, 4) is 5.75 Å². The van der Waals surface area contributed by atoms with Crippen molar-refractivity contribution in [2.45, 2.75) is 38.7 Å². The number of amides is 1. The Labute approximate surface area is 126 Å². The monoisotopic (exact) mass is 320 g/mol. The molecule has 0 saturated heterocycles. The Morgan fingerprint density at radius 2 is 1.77 bits per heavy atom. The molecule has 0 aliphatic carbocycles. The van der Waals surface area contributed by atoms with Gasteiger partial charge < -0.3 is 20.5 Å². The number of rotatable bonds is 4. The molecule has 22 heavy (non-hydrogen) atoms. The molecular formula is C14H19F3N2O3. The van der Waals surface area contributed by atoms with Crippen LogP contribution in [0.1, 0.15) is 32.4 Å². The van der Waals surface area contributed by atoms with Gasteiger partial charge in [-0.3, -0.25) is 0 Å². The Morgan fingerprint density at radius 3 is 2.14 bits per heavy atom. The standard InChI is InChI=1S/C14H19F3N2O3/c1-13(2,3)19(12(20)21)8-11(18)9-4-6-10(7-5-9)22-14(15,16)17/h4-7,11H,8,18H2,1-3H3,(H,20,21). The summed E-state index contributed by atoms with van der Waals surface area (Å²) in [6, 6.07) is 4.40. The second kappa shape index (κ2) is 6.43. The van der Waals surface area contributed by atoms with Crippen molar-refractivity contribution in [2.24, 2.45) is 5.73 Å². The summed E-state index contributed by atoms with van der Waals surface area (Å²) in [5, 5.41) is 9.20. The van der Waals surface area contributed by atoms with Crippen molar-refractivity contribution in [1.29, 1.82) is 0 Å². The zero-order valence-electron chi connectivity index (χ0n) is 12.5. The molecule has 1 aromatic carbocycles. The maximum Gasteiger partial charge on any atom is 0.573 e. The van der Waals surface area contributed by atoms with E-state index in [2.05, 4.69) is 4.74 Å². The molecule has 1 unspecified atom stereocenters. The number of alkyl halides is 3. The second-order valence-corrected chi connectivity index (χ2v) is 5.79. The summed E-state index contributed by atoms with van der Waals surface area (Å²) in [6.45, 7) is 5.22. The quantitative estimate of drug-likeness (QED) is 0.892. The molecule has 5 nitrogen and oxygen atoms in total. The zero-order chi connectivity index (χ0) is 17.1. The molecule has 0 heterocycles. The van der Waals surface area contributed by atoms with Crippen LogP contribution in [0.2, 0.25) is 0 Å². The fourth-order valence-corrected chi connectivity index (χ4v) is 1.86. The van der Waals surface area contributed by atoms with Gasteiger partial charge in [-0.05, 0) is 38.5 Å². The highest BCUT2D eigenvalue weighted by molar-refractivity contribution is 5.66. The average Bonchev–Trinajstić information content (AvgIpc) is 2.32. The first-order valence-electron chi connectivity index (χ1n) is 6.52. The molecule has 0 bridgehead atoms. The number of carboxylic acid groups (broad SMARTS) is 1. The molecule has 1 atom stereocenters. The van der Waals surface area contributed by atoms with Crippen molar-refractivity contribution in [3.63, 3.8) is 0 Å². The zero-order valence-corrected chi connectivity index (χ0v) is 12.5. The maximum atomic E-state index is 12.1. The predicted octanol–water partition coefficient (Wildman–Crippen LogP) is 3.36. The summed E-state index contributed by atoms with van der Waals surface area (Å²) in [5.41, 5.74) is 5.82.